The summed E-state index contributed by atoms with van der Waals surface area (Å²) in [5.74, 6) is 0.485. The summed E-state index contributed by atoms with van der Waals surface area (Å²) in [5.41, 5.74) is 2.65. The molecule has 0 aliphatic rings. The van der Waals surface area contributed by atoms with Crippen LogP contribution in [0.5, 0.6) is 0 Å². The Kier molecular flexibility index (Phi) is 4.42. The van der Waals surface area contributed by atoms with Crippen LogP contribution < -0.4 is 5.56 Å². The van der Waals surface area contributed by atoms with E-state index in [9.17, 15) is 4.79 Å². The van der Waals surface area contributed by atoms with Crippen LogP contribution in [-0.4, -0.2) is 9.55 Å². The summed E-state index contributed by atoms with van der Waals surface area (Å²) in [6.45, 7) is 4.77. The van der Waals surface area contributed by atoms with Crippen molar-refractivity contribution in [3.8, 4) is 0 Å². The monoisotopic (exact) mass is 346 g/mol. The zero-order valence-electron chi connectivity index (χ0n) is 12.9. The van der Waals surface area contributed by atoms with Crippen LogP contribution in [0.15, 0.2) is 47.5 Å². The number of halogens is 2. The maximum absolute atomic E-state index is 12.6. The summed E-state index contributed by atoms with van der Waals surface area (Å²) < 4.78 is 1.57. The van der Waals surface area contributed by atoms with Crippen LogP contribution in [-0.2, 0) is 6.54 Å². The van der Waals surface area contributed by atoms with E-state index >= 15 is 0 Å². The normalized spacial score (nSPS) is 11.3. The van der Waals surface area contributed by atoms with E-state index in [1.165, 1.54) is 11.9 Å². The third-order valence-corrected chi connectivity index (χ3v) is 4.35. The van der Waals surface area contributed by atoms with Crippen LogP contribution >= 0.6 is 23.2 Å². The van der Waals surface area contributed by atoms with Gasteiger partial charge < -0.3 is 0 Å². The smallest absolute Gasteiger partial charge is 0.261 e. The van der Waals surface area contributed by atoms with E-state index in [0.717, 1.165) is 5.56 Å². The van der Waals surface area contributed by atoms with Gasteiger partial charge in [0.2, 0.25) is 0 Å². The molecule has 3 nitrogen and oxygen atoms in total. The topological polar surface area (TPSA) is 34.9 Å². The van der Waals surface area contributed by atoms with Crippen molar-refractivity contribution < 1.29 is 0 Å². The van der Waals surface area contributed by atoms with Crippen molar-refractivity contribution >= 4 is 34.1 Å². The van der Waals surface area contributed by atoms with E-state index in [2.05, 4.69) is 31.0 Å². The van der Waals surface area contributed by atoms with Crippen molar-refractivity contribution in [2.45, 2.75) is 26.3 Å². The number of rotatable bonds is 3. The van der Waals surface area contributed by atoms with E-state index in [0.29, 0.717) is 33.4 Å². The predicted molar refractivity (Wildman–Crippen MR) is 95.7 cm³/mol. The average molecular weight is 347 g/mol. The van der Waals surface area contributed by atoms with E-state index in [1.54, 1.807) is 16.7 Å². The first-order valence-electron chi connectivity index (χ1n) is 7.38. The first-order chi connectivity index (χ1) is 11.0. The number of nitrogens with zero attached hydrogens (tertiary/aromatic N) is 2. The lowest BCUT2D eigenvalue weighted by molar-refractivity contribution is 0.747. The highest BCUT2D eigenvalue weighted by Crippen LogP contribution is 2.24. The zero-order chi connectivity index (χ0) is 16.6. The van der Waals surface area contributed by atoms with E-state index in [1.807, 2.05) is 12.1 Å². The Morgan fingerprint density at radius 3 is 2.48 bits per heavy atom. The van der Waals surface area contributed by atoms with Crippen molar-refractivity contribution in [1.29, 1.82) is 0 Å². The lowest BCUT2D eigenvalue weighted by Gasteiger charge is -2.10. The number of hydrogen-bond donors (Lipinski definition) is 0. The van der Waals surface area contributed by atoms with Crippen LogP contribution in [0, 0.1) is 0 Å². The van der Waals surface area contributed by atoms with Crippen LogP contribution in [0.25, 0.3) is 10.9 Å². The fourth-order valence-corrected chi connectivity index (χ4v) is 3.05. The lowest BCUT2D eigenvalue weighted by Crippen LogP contribution is -2.21. The van der Waals surface area contributed by atoms with Crippen molar-refractivity contribution in [2.75, 3.05) is 0 Å². The van der Waals surface area contributed by atoms with Crippen molar-refractivity contribution in [2.24, 2.45) is 0 Å². The highest BCUT2D eigenvalue weighted by Gasteiger charge is 2.09. The Balaban J connectivity index is 2.00. The Labute approximate surface area is 144 Å². The molecule has 3 rings (SSSR count). The summed E-state index contributed by atoms with van der Waals surface area (Å²) in [5, 5.41) is 1.25. The van der Waals surface area contributed by atoms with Gasteiger partial charge in [-0.1, -0.05) is 61.3 Å². The first-order valence-corrected chi connectivity index (χ1v) is 8.14. The van der Waals surface area contributed by atoms with Gasteiger partial charge in [-0.15, -0.1) is 0 Å². The van der Waals surface area contributed by atoms with E-state index in [-0.39, 0.29) is 5.56 Å². The molecule has 0 saturated heterocycles. The minimum atomic E-state index is -0.146. The van der Waals surface area contributed by atoms with Crippen LogP contribution in [0.3, 0.4) is 0 Å². The molecule has 23 heavy (non-hydrogen) atoms. The molecule has 0 aliphatic carbocycles. The van der Waals surface area contributed by atoms with Crippen LogP contribution in [0.1, 0.15) is 30.9 Å². The maximum atomic E-state index is 12.6. The zero-order valence-corrected chi connectivity index (χ0v) is 14.4. The van der Waals surface area contributed by atoms with Gasteiger partial charge in [0.15, 0.2) is 0 Å². The summed E-state index contributed by atoms with van der Waals surface area (Å²) in [6, 6.07) is 11.5. The van der Waals surface area contributed by atoms with Gasteiger partial charge in [-0.2, -0.15) is 0 Å². The number of fused-ring (bicyclic) bond motifs is 1. The molecule has 0 radical (unpaired) electrons. The van der Waals surface area contributed by atoms with Crippen LogP contribution in [0.4, 0.5) is 0 Å². The Morgan fingerprint density at radius 1 is 1.13 bits per heavy atom. The number of benzene rings is 2. The lowest BCUT2D eigenvalue weighted by atomic mass is 10.0. The number of aromatic nitrogens is 2. The second-order valence-electron chi connectivity index (χ2n) is 5.86. The third-order valence-electron chi connectivity index (χ3n) is 3.84. The van der Waals surface area contributed by atoms with Gasteiger partial charge in [0.1, 0.15) is 0 Å². The summed E-state index contributed by atoms with van der Waals surface area (Å²) in [7, 11) is 0. The molecule has 0 saturated carbocycles. The van der Waals surface area contributed by atoms with Gasteiger partial charge in [-0.25, -0.2) is 4.98 Å². The van der Waals surface area contributed by atoms with Gasteiger partial charge in [0.05, 0.1) is 28.8 Å². The summed E-state index contributed by atoms with van der Waals surface area (Å²) >= 11 is 12.1. The molecule has 0 fully saturated rings. The summed E-state index contributed by atoms with van der Waals surface area (Å²) in [4.78, 5) is 16.9. The fraction of sp³-hybridized carbons (Fsp3) is 0.222. The molecular formula is C18H16Cl2N2O. The second kappa shape index (κ2) is 6.34. The average Bonchev–Trinajstić information content (AvgIpc) is 2.51. The quantitative estimate of drug-likeness (QED) is 0.677. The molecule has 0 amide bonds. The van der Waals surface area contributed by atoms with E-state index in [4.69, 9.17) is 23.2 Å². The molecule has 0 unspecified atom stereocenters. The van der Waals surface area contributed by atoms with Crippen molar-refractivity contribution in [1.82, 2.24) is 9.55 Å². The van der Waals surface area contributed by atoms with Crippen molar-refractivity contribution in [3.63, 3.8) is 0 Å². The number of hydrogen-bond acceptors (Lipinski definition) is 2. The maximum Gasteiger partial charge on any atom is 0.261 e. The SMILES string of the molecule is CC(C)c1ccc(Cn2cnc3c(Cl)cc(Cl)cc3c2=O)cc1. The first kappa shape index (κ1) is 16.0. The molecule has 3 aromatic rings. The second-order valence-corrected chi connectivity index (χ2v) is 6.70. The minimum Gasteiger partial charge on any atom is -0.294 e. The molecule has 1 aromatic heterocycles. The molecule has 118 valence electrons. The molecule has 1 heterocycles. The van der Waals surface area contributed by atoms with Gasteiger partial charge >= 0.3 is 0 Å². The predicted octanol–water partition coefficient (Wildman–Crippen LogP) is 4.88. The molecule has 5 heteroatoms. The third kappa shape index (κ3) is 3.26. The molecule has 2 aromatic carbocycles. The Hall–Kier alpha value is -1.84. The summed E-state index contributed by atoms with van der Waals surface area (Å²) in [6.07, 6.45) is 1.53. The molecule has 0 N–H and O–H groups in total. The molecule has 0 atom stereocenters. The van der Waals surface area contributed by atoms with Gasteiger partial charge in [0.25, 0.3) is 5.56 Å². The van der Waals surface area contributed by atoms with Gasteiger partial charge in [-0.3, -0.25) is 9.36 Å². The minimum absolute atomic E-state index is 0.146. The molecule has 0 spiro atoms. The Bertz CT molecular complexity index is 915. The Morgan fingerprint density at radius 2 is 1.83 bits per heavy atom. The highest BCUT2D eigenvalue weighted by atomic mass is 35.5. The molecule has 0 aliphatic heterocycles. The standard InChI is InChI=1S/C18H16Cl2N2O/c1-11(2)13-5-3-12(4-6-13)9-22-10-21-17-15(18(22)23)7-14(19)8-16(17)20/h3-8,10-11H,9H2,1-2H3. The van der Waals surface area contributed by atoms with E-state index < -0.39 is 0 Å². The van der Waals surface area contributed by atoms with Gasteiger partial charge in [-0.05, 0) is 29.2 Å². The molecular weight excluding hydrogens is 331 g/mol. The fourth-order valence-electron chi connectivity index (χ4n) is 2.51. The van der Waals surface area contributed by atoms with Crippen LogP contribution in [0.2, 0.25) is 10.0 Å². The molecule has 0 bridgehead atoms. The highest BCUT2D eigenvalue weighted by molar-refractivity contribution is 6.38. The largest absolute Gasteiger partial charge is 0.294 e. The van der Waals surface area contributed by atoms with Crippen molar-refractivity contribution in [3.05, 3.63) is 74.3 Å². The van der Waals surface area contributed by atoms with Gasteiger partial charge in [0, 0.05) is 5.02 Å².